The molecule has 0 saturated carbocycles. The van der Waals surface area contributed by atoms with Crippen LogP contribution in [0.25, 0.3) is 11.3 Å². The second kappa shape index (κ2) is 7.78. The van der Waals surface area contributed by atoms with Crippen molar-refractivity contribution in [3.8, 4) is 11.3 Å². The molecule has 7 heteroatoms. The summed E-state index contributed by atoms with van der Waals surface area (Å²) in [5.41, 5.74) is 4.26. The van der Waals surface area contributed by atoms with Crippen molar-refractivity contribution in [1.82, 2.24) is 24.9 Å². The Morgan fingerprint density at radius 1 is 1.12 bits per heavy atom. The summed E-state index contributed by atoms with van der Waals surface area (Å²) in [6, 6.07) is 12.0. The molecule has 1 N–H and O–H groups in total. The van der Waals surface area contributed by atoms with Crippen LogP contribution in [0.15, 0.2) is 41.3 Å². The fourth-order valence-electron chi connectivity index (χ4n) is 2.89. The maximum atomic E-state index is 12.5. The summed E-state index contributed by atoms with van der Waals surface area (Å²) in [4.78, 5) is 13.7. The van der Waals surface area contributed by atoms with Crippen LogP contribution in [0.3, 0.4) is 0 Å². The van der Waals surface area contributed by atoms with Gasteiger partial charge in [-0.3, -0.25) is 14.2 Å². The zero-order valence-electron chi connectivity index (χ0n) is 15.5. The molecular formula is C19H23N5OS. The van der Waals surface area contributed by atoms with E-state index in [1.165, 1.54) is 4.90 Å². The van der Waals surface area contributed by atoms with E-state index < -0.39 is 0 Å². The van der Waals surface area contributed by atoms with Crippen LogP contribution in [-0.4, -0.2) is 37.8 Å². The lowest BCUT2D eigenvalue weighted by Gasteiger charge is -2.05. The van der Waals surface area contributed by atoms with Crippen LogP contribution >= 0.6 is 11.8 Å². The maximum absolute atomic E-state index is 12.5. The van der Waals surface area contributed by atoms with Crippen molar-refractivity contribution in [2.45, 2.75) is 18.7 Å². The largest absolute Gasteiger partial charge is 0.350 e. The maximum Gasteiger partial charge on any atom is 0.269 e. The van der Waals surface area contributed by atoms with Gasteiger partial charge in [0.1, 0.15) is 5.69 Å². The van der Waals surface area contributed by atoms with Gasteiger partial charge in [0, 0.05) is 42.5 Å². The third-order valence-electron chi connectivity index (χ3n) is 4.28. The number of hydrogen-bond acceptors (Lipinski definition) is 4. The molecule has 1 aromatic carbocycles. The molecule has 0 aliphatic heterocycles. The van der Waals surface area contributed by atoms with Crippen LogP contribution < -0.4 is 5.32 Å². The first kappa shape index (κ1) is 18.3. The van der Waals surface area contributed by atoms with Gasteiger partial charge in [-0.1, -0.05) is 18.2 Å². The standard InChI is InChI=1S/C19H23N5OS/c1-13-18(14(2)23(3)21-13)16-12-17(24(4)22-16)19(25)20-10-11-26-15-8-6-5-7-9-15/h5-9,12H,10-11H2,1-4H3,(H,20,25). The summed E-state index contributed by atoms with van der Waals surface area (Å²) in [5.74, 6) is 0.709. The number of amides is 1. The molecule has 0 saturated heterocycles. The number of benzene rings is 1. The molecule has 2 aromatic heterocycles. The van der Waals surface area contributed by atoms with E-state index in [9.17, 15) is 4.79 Å². The van der Waals surface area contributed by atoms with Gasteiger partial charge in [0.05, 0.1) is 11.4 Å². The van der Waals surface area contributed by atoms with Crippen molar-refractivity contribution in [2.75, 3.05) is 12.3 Å². The van der Waals surface area contributed by atoms with Crippen molar-refractivity contribution < 1.29 is 4.79 Å². The fraction of sp³-hybridized carbons (Fsp3) is 0.316. The summed E-state index contributed by atoms with van der Waals surface area (Å²) in [7, 11) is 3.70. The molecule has 136 valence electrons. The van der Waals surface area contributed by atoms with E-state index in [1.54, 1.807) is 23.5 Å². The first-order valence-electron chi connectivity index (χ1n) is 8.48. The van der Waals surface area contributed by atoms with Crippen LogP contribution in [-0.2, 0) is 14.1 Å². The third kappa shape index (κ3) is 3.83. The average Bonchev–Trinajstić information content (AvgIpc) is 3.11. The normalized spacial score (nSPS) is 10.9. The smallest absolute Gasteiger partial charge is 0.269 e. The summed E-state index contributed by atoms with van der Waals surface area (Å²) in [6.07, 6.45) is 0. The first-order valence-corrected chi connectivity index (χ1v) is 9.46. The molecule has 3 aromatic rings. The van der Waals surface area contributed by atoms with E-state index in [2.05, 4.69) is 27.6 Å². The minimum atomic E-state index is -0.112. The van der Waals surface area contributed by atoms with Crippen molar-refractivity contribution in [3.05, 3.63) is 53.5 Å². The van der Waals surface area contributed by atoms with Gasteiger partial charge in [-0.15, -0.1) is 11.8 Å². The molecule has 0 spiro atoms. The second-order valence-electron chi connectivity index (χ2n) is 6.13. The monoisotopic (exact) mass is 369 g/mol. The minimum Gasteiger partial charge on any atom is -0.350 e. The molecule has 0 radical (unpaired) electrons. The van der Waals surface area contributed by atoms with E-state index in [1.807, 2.05) is 49.8 Å². The quantitative estimate of drug-likeness (QED) is 0.536. The molecule has 2 heterocycles. The van der Waals surface area contributed by atoms with Crippen LogP contribution in [0.4, 0.5) is 0 Å². The lowest BCUT2D eigenvalue weighted by atomic mass is 10.1. The molecule has 0 fully saturated rings. The van der Waals surface area contributed by atoms with E-state index >= 15 is 0 Å². The van der Waals surface area contributed by atoms with Gasteiger partial charge in [0.2, 0.25) is 0 Å². The SMILES string of the molecule is Cc1nn(C)c(C)c1-c1cc(C(=O)NCCSc2ccccc2)n(C)n1. The van der Waals surface area contributed by atoms with Crippen molar-refractivity contribution in [1.29, 1.82) is 0 Å². The number of carbonyl (C=O) groups excluding carboxylic acids is 1. The second-order valence-corrected chi connectivity index (χ2v) is 7.29. The zero-order valence-corrected chi connectivity index (χ0v) is 16.3. The van der Waals surface area contributed by atoms with Crippen molar-refractivity contribution in [3.63, 3.8) is 0 Å². The molecular weight excluding hydrogens is 346 g/mol. The van der Waals surface area contributed by atoms with Gasteiger partial charge in [0.15, 0.2) is 0 Å². The van der Waals surface area contributed by atoms with E-state index in [0.717, 1.165) is 28.4 Å². The zero-order chi connectivity index (χ0) is 18.7. The molecule has 3 rings (SSSR count). The predicted molar refractivity (Wildman–Crippen MR) is 104 cm³/mol. The summed E-state index contributed by atoms with van der Waals surface area (Å²) < 4.78 is 3.46. The Balaban J connectivity index is 1.64. The number of aryl methyl sites for hydroxylation is 3. The van der Waals surface area contributed by atoms with Crippen molar-refractivity contribution >= 4 is 17.7 Å². The van der Waals surface area contributed by atoms with E-state index in [-0.39, 0.29) is 5.91 Å². The molecule has 6 nitrogen and oxygen atoms in total. The Morgan fingerprint density at radius 3 is 2.50 bits per heavy atom. The Labute approximate surface area is 157 Å². The molecule has 0 aliphatic carbocycles. The number of nitrogens with one attached hydrogen (secondary N) is 1. The van der Waals surface area contributed by atoms with E-state index in [4.69, 9.17) is 0 Å². The van der Waals surface area contributed by atoms with Crippen LogP contribution in [0.1, 0.15) is 21.9 Å². The molecule has 0 atom stereocenters. The molecule has 26 heavy (non-hydrogen) atoms. The number of carbonyl (C=O) groups is 1. The van der Waals surface area contributed by atoms with Crippen LogP contribution in [0, 0.1) is 13.8 Å². The Bertz CT molecular complexity index is 914. The molecule has 0 unspecified atom stereocenters. The highest BCUT2D eigenvalue weighted by atomic mass is 32.2. The van der Waals surface area contributed by atoms with Gasteiger partial charge in [-0.2, -0.15) is 10.2 Å². The third-order valence-corrected chi connectivity index (χ3v) is 5.29. The number of rotatable bonds is 6. The molecule has 1 amide bonds. The van der Waals surface area contributed by atoms with Gasteiger partial charge in [-0.25, -0.2) is 0 Å². The Hall–Kier alpha value is -2.54. The van der Waals surface area contributed by atoms with Gasteiger partial charge in [0.25, 0.3) is 5.91 Å². The highest BCUT2D eigenvalue weighted by Gasteiger charge is 2.19. The lowest BCUT2D eigenvalue weighted by Crippen LogP contribution is -2.27. The first-order chi connectivity index (χ1) is 12.5. The van der Waals surface area contributed by atoms with Gasteiger partial charge >= 0.3 is 0 Å². The van der Waals surface area contributed by atoms with Crippen molar-refractivity contribution in [2.24, 2.45) is 14.1 Å². The highest BCUT2D eigenvalue weighted by molar-refractivity contribution is 7.99. The van der Waals surface area contributed by atoms with Crippen LogP contribution in [0.2, 0.25) is 0 Å². The number of thioether (sulfide) groups is 1. The fourth-order valence-corrected chi connectivity index (χ4v) is 3.68. The predicted octanol–water partition coefficient (Wildman–Crippen LogP) is 2.96. The van der Waals surface area contributed by atoms with Gasteiger partial charge < -0.3 is 5.32 Å². The summed E-state index contributed by atoms with van der Waals surface area (Å²) in [6.45, 7) is 4.56. The number of aromatic nitrogens is 4. The minimum absolute atomic E-state index is 0.112. The molecule has 0 bridgehead atoms. The number of nitrogens with zero attached hydrogens (tertiary/aromatic N) is 4. The summed E-state index contributed by atoms with van der Waals surface area (Å²) >= 11 is 1.72. The molecule has 0 aliphatic rings. The van der Waals surface area contributed by atoms with Gasteiger partial charge in [-0.05, 0) is 32.0 Å². The lowest BCUT2D eigenvalue weighted by molar-refractivity contribution is 0.0947. The Morgan fingerprint density at radius 2 is 1.85 bits per heavy atom. The Kier molecular flexibility index (Phi) is 5.46. The van der Waals surface area contributed by atoms with Crippen LogP contribution in [0.5, 0.6) is 0 Å². The van der Waals surface area contributed by atoms with E-state index in [0.29, 0.717) is 12.2 Å². The average molecular weight is 369 g/mol. The number of hydrogen-bond donors (Lipinski definition) is 1. The summed E-state index contributed by atoms with van der Waals surface area (Å²) in [5, 5.41) is 11.9. The topological polar surface area (TPSA) is 64.7 Å². The highest BCUT2D eigenvalue weighted by Crippen LogP contribution is 2.25.